The Labute approximate surface area is 131 Å². The smallest absolute Gasteiger partial charge is 0.257 e. The van der Waals surface area contributed by atoms with Gasteiger partial charge in [0.15, 0.2) is 5.15 Å². The van der Waals surface area contributed by atoms with Crippen LogP contribution < -0.4 is 5.32 Å². The lowest BCUT2D eigenvalue weighted by Gasteiger charge is -2.09. The number of hydrogen-bond acceptors (Lipinski definition) is 3. The Morgan fingerprint density at radius 1 is 1.30 bits per heavy atom. The average molecular weight is 327 g/mol. The summed E-state index contributed by atoms with van der Waals surface area (Å²) in [7, 11) is 0. The van der Waals surface area contributed by atoms with Crippen molar-refractivity contribution < 1.29 is 4.79 Å². The number of nitrogens with zero attached hydrogens (tertiary/aromatic N) is 1. The highest BCUT2D eigenvalue weighted by atomic mass is 35.5. The van der Waals surface area contributed by atoms with Crippen LogP contribution in [-0.4, -0.2) is 17.1 Å². The largest absolute Gasteiger partial charge is 0.319 e. The van der Waals surface area contributed by atoms with Crippen LogP contribution in [0.2, 0.25) is 10.2 Å². The summed E-state index contributed by atoms with van der Waals surface area (Å²) in [5, 5.41) is 3.38. The number of pyridine rings is 1. The van der Waals surface area contributed by atoms with Gasteiger partial charge >= 0.3 is 0 Å². The molecule has 0 aliphatic rings. The molecular weight excluding hydrogens is 315 g/mol. The van der Waals surface area contributed by atoms with E-state index in [1.54, 1.807) is 36.2 Å². The number of benzene rings is 1. The Morgan fingerprint density at radius 2 is 2.05 bits per heavy atom. The first-order chi connectivity index (χ1) is 9.51. The molecule has 6 heteroatoms. The molecule has 104 valence electrons. The van der Waals surface area contributed by atoms with Crippen LogP contribution in [0.15, 0.2) is 35.4 Å². The monoisotopic (exact) mass is 326 g/mol. The molecule has 1 amide bonds. The number of halogens is 2. The first kappa shape index (κ1) is 15.2. The van der Waals surface area contributed by atoms with Gasteiger partial charge in [-0.3, -0.25) is 4.79 Å². The van der Waals surface area contributed by atoms with Gasteiger partial charge in [0.05, 0.1) is 16.3 Å². The van der Waals surface area contributed by atoms with Crippen LogP contribution >= 0.6 is 35.0 Å². The minimum Gasteiger partial charge on any atom is -0.319 e. The Morgan fingerprint density at radius 3 is 2.75 bits per heavy atom. The van der Waals surface area contributed by atoms with E-state index < -0.39 is 0 Å². The average Bonchev–Trinajstić information content (AvgIpc) is 2.43. The quantitative estimate of drug-likeness (QED) is 0.658. The maximum Gasteiger partial charge on any atom is 0.257 e. The molecule has 2 aromatic rings. The molecule has 0 saturated carbocycles. The molecule has 0 aliphatic heterocycles. The third-order valence-electron chi connectivity index (χ3n) is 2.64. The molecule has 0 bridgehead atoms. The molecule has 1 aromatic carbocycles. The van der Waals surface area contributed by atoms with E-state index in [9.17, 15) is 4.79 Å². The fraction of sp³-hybridized carbons (Fsp3) is 0.143. The molecule has 1 aromatic heterocycles. The molecule has 0 atom stereocenters. The molecule has 0 aliphatic carbocycles. The second-order valence-electron chi connectivity index (χ2n) is 4.15. The van der Waals surface area contributed by atoms with Crippen LogP contribution in [0.5, 0.6) is 0 Å². The zero-order chi connectivity index (χ0) is 14.7. The molecular formula is C14H12Cl2N2OS. The highest BCUT2D eigenvalue weighted by Crippen LogP contribution is 2.25. The van der Waals surface area contributed by atoms with Crippen LogP contribution in [0.3, 0.4) is 0 Å². The van der Waals surface area contributed by atoms with Crippen LogP contribution in [0.25, 0.3) is 0 Å². The molecule has 0 fully saturated rings. The lowest BCUT2D eigenvalue weighted by Crippen LogP contribution is -2.13. The molecule has 3 nitrogen and oxygen atoms in total. The molecule has 20 heavy (non-hydrogen) atoms. The summed E-state index contributed by atoms with van der Waals surface area (Å²) in [6, 6.07) is 7.09. The van der Waals surface area contributed by atoms with Gasteiger partial charge in [0.25, 0.3) is 5.91 Å². The second kappa shape index (κ2) is 6.48. The SMILES string of the molecule is CSc1ccc(Cl)c(C(=O)Nc2cc(C)cnc2Cl)c1. The fourth-order valence-electron chi connectivity index (χ4n) is 1.64. The summed E-state index contributed by atoms with van der Waals surface area (Å²) >= 11 is 13.6. The van der Waals surface area contributed by atoms with Gasteiger partial charge in [-0.05, 0) is 43.0 Å². The van der Waals surface area contributed by atoms with Crippen LogP contribution in [0.4, 0.5) is 5.69 Å². The van der Waals surface area contributed by atoms with E-state index in [-0.39, 0.29) is 11.1 Å². The van der Waals surface area contributed by atoms with Crippen molar-refractivity contribution in [2.75, 3.05) is 11.6 Å². The van der Waals surface area contributed by atoms with Crippen molar-refractivity contribution in [2.24, 2.45) is 0 Å². The van der Waals surface area contributed by atoms with E-state index in [0.717, 1.165) is 10.5 Å². The number of thioether (sulfide) groups is 1. The maximum absolute atomic E-state index is 12.3. The summed E-state index contributed by atoms with van der Waals surface area (Å²) in [5.74, 6) is -0.305. The first-order valence-corrected chi connectivity index (χ1v) is 7.76. The lowest BCUT2D eigenvalue weighted by atomic mass is 10.2. The topological polar surface area (TPSA) is 42.0 Å². The van der Waals surface area contributed by atoms with E-state index in [0.29, 0.717) is 16.3 Å². The highest BCUT2D eigenvalue weighted by molar-refractivity contribution is 7.98. The minimum absolute atomic E-state index is 0.251. The summed E-state index contributed by atoms with van der Waals surface area (Å²) in [6.07, 6.45) is 3.57. The molecule has 1 heterocycles. The van der Waals surface area contributed by atoms with Gasteiger partial charge in [0.2, 0.25) is 0 Å². The van der Waals surface area contributed by atoms with Crippen molar-refractivity contribution in [1.29, 1.82) is 0 Å². The third kappa shape index (κ3) is 3.45. The van der Waals surface area contributed by atoms with Crippen molar-refractivity contribution in [3.8, 4) is 0 Å². The zero-order valence-electron chi connectivity index (χ0n) is 10.9. The number of nitrogens with one attached hydrogen (secondary N) is 1. The summed E-state index contributed by atoms with van der Waals surface area (Å²) in [4.78, 5) is 17.2. The Bertz CT molecular complexity index is 662. The van der Waals surface area contributed by atoms with E-state index >= 15 is 0 Å². The molecule has 0 saturated heterocycles. The first-order valence-electron chi connectivity index (χ1n) is 5.78. The van der Waals surface area contributed by atoms with Crippen molar-refractivity contribution >= 4 is 46.6 Å². The highest BCUT2D eigenvalue weighted by Gasteiger charge is 2.13. The molecule has 0 spiro atoms. The van der Waals surface area contributed by atoms with Crippen molar-refractivity contribution in [3.05, 3.63) is 51.8 Å². The van der Waals surface area contributed by atoms with Crippen molar-refractivity contribution in [3.63, 3.8) is 0 Å². The normalized spacial score (nSPS) is 10.4. The van der Waals surface area contributed by atoms with Crippen molar-refractivity contribution in [2.45, 2.75) is 11.8 Å². The third-order valence-corrected chi connectivity index (χ3v) is 4.00. The fourth-order valence-corrected chi connectivity index (χ4v) is 2.43. The Kier molecular flexibility index (Phi) is 4.91. The number of anilines is 1. The Balaban J connectivity index is 2.30. The summed E-state index contributed by atoms with van der Waals surface area (Å²) in [6.45, 7) is 1.88. The van der Waals surface area contributed by atoms with Crippen LogP contribution in [0, 0.1) is 6.92 Å². The number of hydrogen-bond donors (Lipinski definition) is 1. The zero-order valence-corrected chi connectivity index (χ0v) is 13.2. The maximum atomic E-state index is 12.3. The van der Waals surface area contributed by atoms with Gasteiger partial charge in [-0.15, -0.1) is 11.8 Å². The van der Waals surface area contributed by atoms with Gasteiger partial charge in [-0.2, -0.15) is 0 Å². The number of aromatic nitrogens is 1. The number of rotatable bonds is 3. The summed E-state index contributed by atoms with van der Waals surface area (Å²) in [5.41, 5.74) is 1.80. The predicted octanol–water partition coefficient (Wildman–Crippen LogP) is 4.67. The molecule has 0 radical (unpaired) electrons. The van der Waals surface area contributed by atoms with E-state index in [1.165, 1.54) is 0 Å². The van der Waals surface area contributed by atoms with E-state index in [1.807, 2.05) is 19.2 Å². The predicted molar refractivity (Wildman–Crippen MR) is 85.2 cm³/mol. The van der Waals surface area contributed by atoms with Gasteiger partial charge in [-0.1, -0.05) is 23.2 Å². The minimum atomic E-state index is -0.305. The molecule has 2 rings (SSSR count). The second-order valence-corrected chi connectivity index (χ2v) is 5.80. The number of amides is 1. The molecule has 0 unspecified atom stereocenters. The van der Waals surface area contributed by atoms with Crippen molar-refractivity contribution in [1.82, 2.24) is 4.98 Å². The van der Waals surface area contributed by atoms with E-state index in [4.69, 9.17) is 23.2 Å². The standard InChI is InChI=1S/C14H12Cl2N2OS/c1-8-5-12(13(16)17-7-8)18-14(19)10-6-9(20-2)3-4-11(10)15/h3-7H,1-2H3,(H,18,19). The van der Waals surface area contributed by atoms with Gasteiger partial charge in [0.1, 0.15) is 0 Å². The molecule has 1 N–H and O–H groups in total. The number of carbonyl (C=O) groups is 1. The van der Waals surface area contributed by atoms with Crippen LogP contribution in [0.1, 0.15) is 15.9 Å². The van der Waals surface area contributed by atoms with Gasteiger partial charge in [0, 0.05) is 11.1 Å². The van der Waals surface area contributed by atoms with Gasteiger partial charge < -0.3 is 5.32 Å². The van der Waals surface area contributed by atoms with Gasteiger partial charge in [-0.25, -0.2) is 4.98 Å². The number of aryl methyl sites for hydroxylation is 1. The van der Waals surface area contributed by atoms with E-state index in [2.05, 4.69) is 10.3 Å². The summed E-state index contributed by atoms with van der Waals surface area (Å²) < 4.78 is 0. The Hall–Kier alpha value is -1.23. The number of carbonyl (C=O) groups excluding carboxylic acids is 1. The lowest BCUT2D eigenvalue weighted by molar-refractivity contribution is 0.102. The van der Waals surface area contributed by atoms with Crippen LogP contribution in [-0.2, 0) is 0 Å².